The predicted octanol–water partition coefficient (Wildman–Crippen LogP) is 3.89. The van der Waals surface area contributed by atoms with Gasteiger partial charge < -0.3 is 10.6 Å². The lowest BCUT2D eigenvalue weighted by Gasteiger charge is -2.43. The molecule has 1 aliphatic carbocycles. The van der Waals surface area contributed by atoms with E-state index in [1.807, 2.05) is 24.3 Å². The van der Waals surface area contributed by atoms with Crippen molar-refractivity contribution in [2.75, 3.05) is 11.9 Å². The molecular weight excluding hydrogens is 354 g/mol. The number of carbonyl (C=O) groups is 3. The number of rotatable bonds is 4. The molecule has 3 rings (SSSR count). The van der Waals surface area contributed by atoms with Crippen LogP contribution in [0.15, 0.2) is 24.3 Å². The van der Waals surface area contributed by atoms with Crippen molar-refractivity contribution in [2.24, 2.45) is 11.3 Å². The second-order valence-electron chi connectivity index (χ2n) is 9.59. The van der Waals surface area contributed by atoms with Crippen molar-refractivity contribution >= 4 is 23.5 Å². The maximum absolute atomic E-state index is 13.1. The lowest BCUT2D eigenvalue weighted by molar-refractivity contribution is -0.136. The van der Waals surface area contributed by atoms with E-state index in [0.717, 1.165) is 16.9 Å². The highest BCUT2D eigenvalue weighted by molar-refractivity contribution is 6.10. The molecule has 2 atom stereocenters. The van der Waals surface area contributed by atoms with Gasteiger partial charge in [0.15, 0.2) is 0 Å². The molecule has 2 fully saturated rings. The number of nitrogens with zero attached hydrogens (tertiary/aromatic N) is 1. The fourth-order valence-corrected chi connectivity index (χ4v) is 4.97. The molecule has 0 bridgehead atoms. The molecule has 152 valence electrons. The summed E-state index contributed by atoms with van der Waals surface area (Å²) in [6.45, 7) is 10.3. The molecule has 1 aromatic rings. The molecule has 1 aromatic carbocycles. The lowest BCUT2D eigenvalue weighted by Crippen LogP contribution is -2.54. The SMILES string of the molecule is CC1CC(C)(C)CC2(C1)NC(=O)N(CC(=O)Nc1cccc(C(C)C)c1)C2=O. The minimum absolute atomic E-state index is 0.0316. The minimum atomic E-state index is -0.879. The smallest absolute Gasteiger partial charge is 0.325 e. The molecule has 6 nitrogen and oxygen atoms in total. The third-order valence-corrected chi connectivity index (χ3v) is 5.76. The van der Waals surface area contributed by atoms with Crippen LogP contribution in [0, 0.1) is 11.3 Å². The van der Waals surface area contributed by atoms with Crippen molar-refractivity contribution in [3.8, 4) is 0 Å². The molecule has 2 aliphatic rings. The molecule has 28 heavy (non-hydrogen) atoms. The maximum Gasteiger partial charge on any atom is 0.325 e. The number of urea groups is 1. The van der Waals surface area contributed by atoms with E-state index in [4.69, 9.17) is 0 Å². The molecule has 6 heteroatoms. The standard InChI is InChI=1S/C22H31N3O3/c1-14(2)16-7-6-8-17(9-16)23-18(26)12-25-19(27)22(24-20(25)28)11-15(3)10-21(4,5)13-22/h6-9,14-15H,10-13H2,1-5H3,(H,23,26)(H,24,28). The van der Waals surface area contributed by atoms with Crippen LogP contribution in [0.5, 0.6) is 0 Å². The van der Waals surface area contributed by atoms with Crippen LogP contribution in [-0.2, 0) is 9.59 Å². The molecule has 1 heterocycles. The van der Waals surface area contributed by atoms with Gasteiger partial charge in [0.25, 0.3) is 5.91 Å². The topological polar surface area (TPSA) is 78.5 Å². The van der Waals surface area contributed by atoms with Crippen molar-refractivity contribution in [2.45, 2.75) is 65.3 Å². The van der Waals surface area contributed by atoms with Crippen molar-refractivity contribution in [1.29, 1.82) is 0 Å². The van der Waals surface area contributed by atoms with Gasteiger partial charge in [0.1, 0.15) is 12.1 Å². The van der Waals surface area contributed by atoms with Crippen LogP contribution in [0.2, 0.25) is 0 Å². The number of hydrogen-bond donors (Lipinski definition) is 2. The molecule has 2 unspecified atom stereocenters. The van der Waals surface area contributed by atoms with Crippen molar-refractivity contribution < 1.29 is 14.4 Å². The Hall–Kier alpha value is -2.37. The van der Waals surface area contributed by atoms with E-state index >= 15 is 0 Å². The number of nitrogens with one attached hydrogen (secondary N) is 2. The highest BCUT2D eigenvalue weighted by atomic mass is 16.2. The average molecular weight is 386 g/mol. The number of hydrogen-bond acceptors (Lipinski definition) is 3. The Balaban J connectivity index is 1.71. The molecule has 4 amide bonds. The summed E-state index contributed by atoms with van der Waals surface area (Å²) >= 11 is 0. The Morgan fingerprint density at radius 1 is 1.29 bits per heavy atom. The van der Waals surface area contributed by atoms with Gasteiger partial charge in [-0.25, -0.2) is 4.79 Å². The summed E-state index contributed by atoms with van der Waals surface area (Å²) in [7, 11) is 0. The van der Waals surface area contributed by atoms with Gasteiger partial charge >= 0.3 is 6.03 Å². The predicted molar refractivity (Wildman–Crippen MR) is 109 cm³/mol. The molecule has 0 aromatic heterocycles. The molecule has 1 aliphatic heterocycles. The van der Waals surface area contributed by atoms with E-state index < -0.39 is 11.6 Å². The summed E-state index contributed by atoms with van der Waals surface area (Å²) in [5.41, 5.74) is 0.877. The number of amides is 4. The van der Waals surface area contributed by atoms with E-state index in [2.05, 4.69) is 45.3 Å². The van der Waals surface area contributed by atoms with E-state index in [1.54, 1.807) is 0 Å². The Morgan fingerprint density at radius 3 is 2.64 bits per heavy atom. The summed E-state index contributed by atoms with van der Waals surface area (Å²) < 4.78 is 0. The van der Waals surface area contributed by atoms with Crippen LogP contribution in [0.1, 0.15) is 65.4 Å². The molecule has 0 radical (unpaired) electrons. The van der Waals surface area contributed by atoms with E-state index in [9.17, 15) is 14.4 Å². The van der Waals surface area contributed by atoms with Crippen molar-refractivity contribution in [3.05, 3.63) is 29.8 Å². The van der Waals surface area contributed by atoms with Gasteiger partial charge in [-0.2, -0.15) is 0 Å². The lowest BCUT2D eigenvalue weighted by atomic mass is 9.64. The Morgan fingerprint density at radius 2 is 2.00 bits per heavy atom. The maximum atomic E-state index is 13.1. The number of anilines is 1. The van der Waals surface area contributed by atoms with Crippen molar-refractivity contribution in [1.82, 2.24) is 10.2 Å². The Labute approximate surface area is 167 Å². The first-order valence-electron chi connectivity index (χ1n) is 10.1. The van der Waals surface area contributed by atoms with Gasteiger partial charge in [-0.1, -0.05) is 46.8 Å². The minimum Gasteiger partial charge on any atom is -0.325 e. The van der Waals surface area contributed by atoms with Gasteiger partial charge in [-0.15, -0.1) is 0 Å². The second kappa shape index (κ2) is 7.22. The summed E-state index contributed by atoms with van der Waals surface area (Å²) in [5, 5.41) is 5.71. The average Bonchev–Trinajstić information content (AvgIpc) is 2.76. The van der Waals surface area contributed by atoms with Gasteiger partial charge in [0.05, 0.1) is 0 Å². The fourth-order valence-electron chi connectivity index (χ4n) is 4.97. The number of imide groups is 1. The summed E-state index contributed by atoms with van der Waals surface area (Å²) in [6, 6.07) is 7.15. The van der Waals surface area contributed by atoms with Crippen LogP contribution in [0.3, 0.4) is 0 Å². The normalized spacial score (nSPS) is 26.6. The summed E-state index contributed by atoms with van der Waals surface area (Å²) in [5.74, 6) is 0.0348. The van der Waals surface area contributed by atoms with Crippen molar-refractivity contribution in [3.63, 3.8) is 0 Å². The molecule has 2 N–H and O–H groups in total. The molecule has 1 saturated carbocycles. The highest BCUT2D eigenvalue weighted by Crippen LogP contribution is 2.46. The quantitative estimate of drug-likeness (QED) is 0.772. The zero-order chi connectivity index (χ0) is 20.7. The zero-order valence-electron chi connectivity index (χ0n) is 17.5. The number of benzene rings is 1. The molecule has 1 spiro atoms. The zero-order valence-corrected chi connectivity index (χ0v) is 17.5. The third kappa shape index (κ3) is 4.05. The summed E-state index contributed by atoms with van der Waals surface area (Å²) in [6.07, 6.45) is 2.24. The highest BCUT2D eigenvalue weighted by Gasteiger charge is 2.56. The van der Waals surface area contributed by atoms with Gasteiger partial charge in [-0.3, -0.25) is 14.5 Å². The van der Waals surface area contributed by atoms with E-state index in [-0.39, 0.29) is 23.8 Å². The van der Waals surface area contributed by atoms with Crippen LogP contribution in [0.25, 0.3) is 0 Å². The van der Waals surface area contributed by atoms with Gasteiger partial charge in [0.2, 0.25) is 5.91 Å². The molecular formula is C22H31N3O3. The van der Waals surface area contributed by atoms with Crippen LogP contribution in [0.4, 0.5) is 10.5 Å². The fraction of sp³-hybridized carbons (Fsp3) is 0.591. The summed E-state index contributed by atoms with van der Waals surface area (Å²) in [4.78, 5) is 39.2. The first-order chi connectivity index (χ1) is 13.0. The monoisotopic (exact) mass is 385 g/mol. The van der Waals surface area contributed by atoms with E-state index in [0.29, 0.717) is 30.4 Å². The van der Waals surface area contributed by atoms with Crippen LogP contribution in [-0.4, -0.2) is 34.8 Å². The number of carbonyl (C=O) groups excluding carboxylic acids is 3. The Bertz CT molecular complexity index is 802. The van der Waals surface area contributed by atoms with Crippen LogP contribution >= 0.6 is 0 Å². The first-order valence-corrected chi connectivity index (χ1v) is 10.1. The second-order valence-corrected chi connectivity index (χ2v) is 9.59. The first kappa shape index (κ1) is 20.4. The van der Waals surface area contributed by atoms with Gasteiger partial charge in [-0.05, 0) is 54.2 Å². The largest absolute Gasteiger partial charge is 0.325 e. The third-order valence-electron chi connectivity index (χ3n) is 5.76. The Kier molecular flexibility index (Phi) is 5.26. The molecule has 1 saturated heterocycles. The van der Waals surface area contributed by atoms with Gasteiger partial charge in [0, 0.05) is 5.69 Å². The van der Waals surface area contributed by atoms with E-state index in [1.165, 1.54) is 0 Å². The van der Waals surface area contributed by atoms with Crippen LogP contribution < -0.4 is 10.6 Å².